The molecular weight excluding hydrogens is 456 g/mol. The first-order valence-corrected chi connectivity index (χ1v) is 12.2. The van der Waals surface area contributed by atoms with Crippen molar-refractivity contribution in [3.63, 3.8) is 0 Å². The minimum atomic E-state index is 0.0296. The van der Waals surface area contributed by atoms with Gasteiger partial charge in [0.15, 0.2) is 5.17 Å². The molecule has 1 saturated heterocycles. The number of halogens is 1. The number of pyridine rings is 1. The molecule has 3 atom stereocenters. The number of hydrogen-bond donors (Lipinski definition) is 0. The van der Waals surface area contributed by atoms with Crippen LogP contribution in [0.1, 0.15) is 48.1 Å². The third kappa shape index (κ3) is 3.21. The van der Waals surface area contributed by atoms with Crippen LogP contribution in [0, 0.1) is 13.8 Å². The Bertz CT molecular complexity index is 1090. The van der Waals surface area contributed by atoms with Gasteiger partial charge in [0, 0.05) is 39.5 Å². The van der Waals surface area contributed by atoms with Gasteiger partial charge in [0.1, 0.15) is 6.04 Å². The number of amidine groups is 1. The minimum Gasteiger partial charge on any atom is -0.338 e. The summed E-state index contributed by atoms with van der Waals surface area (Å²) in [4.78, 5) is 12.4. The second-order valence-corrected chi connectivity index (χ2v) is 9.88. The highest BCUT2D eigenvalue weighted by atomic mass is 79.9. The molecule has 2 aromatic heterocycles. The zero-order chi connectivity index (χ0) is 20.8. The van der Waals surface area contributed by atoms with Gasteiger partial charge in [-0.05, 0) is 68.3 Å². The topological polar surface area (TPSA) is 33.4 Å². The van der Waals surface area contributed by atoms with Gasteiger partial charge in [-0.15, -0.1) is 0 Å². The van der Waals surface area contributed by atoms with E-state index in [0.717, 1.165) is 22.3 Å². The molecule has 30 heavy (non-hydrogen) atoms. The van der Waals surface area contributed by atoms with Gasteiger partial charge in [0.05, 0.1) is 11.7 Å². The van der Waals surface area contributed by atoms with Crippen molar-refractivity contribution in [2.45, 2.75) is 45.3 Å². The van der Waals surface area contributed by atoms with Crippen molar-refractivity contribution in [1.82, 2.24) is 14.5 Å². The summed E-state index contributed by atoms with van der Waals surface area (Å²) < 4.78 is 3.46. The van der Waals surface area contributed by atoms with Crippen LogP contribution in [0.25, 0.3) is 5.69 Å². The van der Waals surface area contributed by atoms with Gasteiger partial charge >= 0.3 is 0 Å². The van der Waals surface area contributed by atoms with Crippen molar-refractivity contribution < 1.29 is 0 Å². The first kappa shape index (κ1) is 19.9. The summed E-state index contributed by atoms with van der Waals surface area (Å²) in [6.45, 7) is 6.72. The van der Waals surface area contributed by atoms with Crippen LogP contribution >= 0.6 is 27.7 Å². The second-order valence-electron chi connectivity index (χ2n) is 7.97. The second kappa shape index (κ2) is 7.89. The van der Waals surface area contributed by atoms with E-state index in [1.165, 1.54) is 27.8 Å². The van der Waals surface area contributed by atoms with E-state index in [0.29, 0.717) is 6.04 Å². The highest BCUT2D eigenvalue weighted by Crippen LogP contribution is 2.49. The van der Waals surface area contributed by atoms with E-state index in [9.17, 15) is 0 Å². The maximum atomic E-state index is 5.17. The minimum absolute atomic E-state index is 0.0296. The number of benzene rings is 1. The van der Waals surface area contributed by atoms with Crippen molar-refractivity contribution in [2.24, 2.45) is 4.99 Å². The highest BCUT2D eigenvalue weighted by Gasteiger charge is 2.46. The van der Waals surface area contributed by atoms with Crippen LogP contribution in [0.15, 0.2) is 64.2 Å². The Morgan fingerprint density at radius 1 is 1.13 bits per heavy atom. The molecule has 2 aliphatic heterocycles. The Kier molecular flexibility index (Phi) is 5.23. The lowest BCUT2D eigenvalue weighted by Gasteiger charge is -2.32. The maximum absolute atomic E-state index is 5.17. The number of hydrogen-bond acceptors (Lipinski definition) is 4. The quantitative estimate of drug-likeness (QED) is 0.443. The predicted octanol–water partition coefficient (Wildman–Crippen LogP) is 6.23. The molecular formula is C24H25BrN4S. The van der Waals surface area contributed by atoms with Crippen molar-refractivity contribution in [3.8, 4) is 5.69 Å². The molecule has 6 heteroatoms. The standard InChI is InChI=1S/C24H25BrN4S/c1-4-18-14-30-24-27-22(21-7-5-6-12-26-21)23(29(18)24)20-13-15(2)28(16(20)3)19-10-8-17(25)9-11-19/h5-13,18,22-23H,4,14H2,1-3H3/t18-,22+,23-/m1/s1. The number of aryl methyl sites for hydroxylation is 1. The summed E-state index contributed by atoms with van der Waals surface area (Å²) in [5.41, 5.74) is 6.12. The van der Waals surface area contributed by atoms with Gasteiger partial charge in [0.2, 0.25) is 0 Å². The van der Waals surface area contributed by atoms with Crippen molar-refractivity contribution >= 4 is 32.9 Å². The summed E-state index contributed by atoms with van der Waals surface area (Å²) >= 11 is 5.45. The zero-order valence-corrected chi connectivity index (χ0v) is 19.8. The fraction of sp³-hybridized carbons (Fsp3) is 0.333. The lowest BCUT2D eigenvalue weighted by atomic mass is 9.95. The Hall–Kier alpha value is -2.05. The number of aromatic nitrogens is 2. The highest BCUT2D eigenvalue weighted by molar-refractivity contribution is 9.10. The van der Waals surface area contributed by atoms with E-state index in [1.807, 2.05) is 24.0 Å². The van der Waals surface area contributed by atoms with E-state index in [4.69, 9.17) is 4.99 Å². The van der Waals surface area contributed by atoms with Crippen molar-refractivity contribution in [1.29, 1.82) is 0 Å². The lowest BCUT2D eigenvalue weighted by Crippen LogP contribution is -2.35. The average molecular weight is 481 g/mol. The monoisotopic (exact) mass is 480 g/mol. The third-order valence-corrected chi connectivity index (χ3v) is 7.86. The van der Waals surface area contributed by atoms with Gasteiger partial charge in [-0.3, -0.25) is 9.98 Å². The Morgan fingerprint density at radius 2 is 1.93 bits per heavy atom. The smallest absolute Gasteiger partial charge is 0.160 e. The molecule has 1 aromatic carbocycles. The molecule has 1 fully saturated rings. The summed E-state index contributed by atoms with van der Waals surface area (Å²) in [6.07, 6.45) is 3.01. The average Bonchev–Trinajstić information content (AvgIpc) is 3.41. The van der Waals surface area contributed by atoms with Gasteiger partial charge in [0.25, 0.3) is 0 Å². The Labute approximate surface area is 190 Å². The Balaban J connectivity index is 1.63. The van der Waals surface area contributed by atoms with Crippen LogP contribution < -0.4 is 0 Å². The van der Waals surface area contributed by atoms with Gasteiger partial charge in [-0.1, -0.05) is 40.7 Å². The van der Waals surface area contributed by atoms with Crippen LogP contribution in [-0.2, 0) is 0 Å². The molecule has 4 heterocycles. The zero-order valence-electron chi connectivity index (χ0n) is 17.4. The van der Waals surface area contributed by atoms with Crippen LogP contribution in [0.5, 0.6) is 0 Å². The van der Waals surface area contributed by atoms with Crippen molar-refractivity contribution in [3.05, 3.63) is 81.8 Å². The van der Waals surface area contributed by atoms with Gasteiger partial charge in [-0.25, -0.2) is 0 Å². The molecule has 0 radical (unpaired) electrons. The molecule has 4 nitrogen and oxygen atoms in total. The van der Waals surface area contributed by atoms with Crippen molar-refractivity contribution in [2.75, 3.05) is 5.75 Å². The molecule has 2 aliphatic rings. The van der Waals surface area contributed by atoms with E-state index >= 15 is 0 Å². The van der Waals surface area contributed by atoms with E-state index in [2.05, 4.69) is 93.6 Å². The van der Waals surface area contributed by atoms with E-state index < -0.39 is 0 Å². The molecule has 0 amide bonds. The van der Waals surface area contributed by atoms with E-state index in [-0.39, 0.29) is 12.1 Å². The molecule has 0 unspecified atom stereocenters. The van der Waals surface area contributed by atoms with E-state index in [1.54, 1.807) is 0 Å². The fourth-order valence-electron chi connectivity index (χ4n) is 4.76. The molecule has 0 N–H and O–H groups in total. The normalized spacial score (nSPS) is 23.0. The maximum Gasteiger partial charge on any atom is 0.160 e. The number of thioether (sulfide) groups is 1. The third-order valence-electron chi connectivity index (χ3n) is 6.20. The molecule has 154 valence electrons. The van der Waals surface area contributed by atoms with Gasteiger partial charge in [-0.2, -0.15) is 0 Å². The fourth-order valence-corrected chi connectivity index (χ4v) is 6.36. The lowest BCUT2D eigenvalue weighted by molar-refractivity contribution is 0.254. The molecule has 0 spiro atoms. The molecule has 0 bridgehead atoms. The summed E-state index contributed by atoms with van der Waals surface area (Å²) in [7, 11) is 0. The molecule has 0 saturated carbocycles. The largest absolute Gasteiger partial charge is 0.338 e. The number of rotatable bonds is 4. The summed E-state index contributed by atoms with van der Waals surface area (Å²) in [6, 6.07) is 17.8. The van der Waals surface area contributed by atoms with Crippen LogP contribution in [0.4, 0.5) is 0 Å². The first-order valence-electron chi connectivity index (χ1n) is 10.4. The Morgan fingerprint density at radius 3 is 2.63 bits per heavy atom. The number of nitrogens with zero attached hydrogens (tertiary/aromatic N) is 4. The number of aliphatic imine (C=N–C) groups is 1. The molecule has 5 rings (SSSR count). The summed E-state index contributed by atoms with van der Waals surface area (Å²) in [5.74, 6) is 1.12. The SMILES string of the molecule is CC[C@@H]1CSC2=N[C@@H](c3ccccn3)[C@@H](c3cc(C)n(-c4ccc(Br)cc4)c3C)N21. The molecule has 3 aromatic rings. The summed E-state index contributed by atoms with van der Waals surface area (Å²) in [5, 5.41) is 1.18. The van der Waals surface area contributed by atoms with Gasteiger partial charge < -0.3 is 9.47 Å². The number of fused-ring (bicyclic) bond motifs is 1. The first-order chi connectivity index (χ1) is 14.6. The van der Waals surface area contributed by atoms with Crippen LogP contribution in [0.3, 0.4) is 0 Å². The van der Waals surface area contributed by atoms with Crippen LogP contribution in [0.2, 0.25) is 0 Å². The predicted molar refractivity (Wildman–Crippen MR) is 128 cm³/mol. The molecule has 0 aliphatic carbocycles. The van der Waals surface area contributed by atoms with Crippen LogP contribution in [-0.4, -0.2) is 31.4 Å².